The van der Waals surface area contributed by atoms with Gasteiger partial charge in [-0.2, -0.15) is 0 Å². The molecular weight excluding hydrogens is 440 g/mol. The quantitative estimate of drug-likeness (QED) is 0.551. The normalized spacial score (nSPS) is 17.4. The Balaban J connectivity index is 1.85. The summed E-state index contributed by atoms with van der Waals surface area (Å²) >= 11 is 0. The van der Waals surface area contributed by atoms with Gasteiger partial charge in [0.25, 0.3) is 0 Å². The van der Waals surface area contributed by atoms with Crippen LogP contribution in [0.4, 0.5) is 4.79 Å². The highest BCUT2D eigenvalue weighted by Crippen LogP contribution is 2.38. The maximum absolute atomic E-state index is 13.8. The Morgan fingerprint density at radius 2 is 1.46 bits per heavy atom. The van der Waals surface area contributed by atoms with Gasteiger partial charge in [-0.1, -0.05) is 84.9 Å². The number of fused-ring (bicyclic) bond motifs is 1. The molecule has 0 aliphatic carbocycles. The van der Waals surface area contributed by atoms with Crippen molar-refractivity contribution in [3.05, 3.63) is 107 Å². The standard InChI is InChI=1S/C29H32N2O4/c1-29(2,3)35-28(34)31(24-18-22-16-10-11-17-23(22)19-30-27(24)33)25(20-12-6-4-7-13-20)26(32)21-14-8-5-9-15-21/h4-17,24-26,32H,18-19H2,1-3H3,(H,30,33)/t24-,25-,26+/m0/s1. The van der Waals surface area contributed by atoms with Crippen LogP contribution in [0, 0.1) is 0 Å². The van der Waals surface area contributed by atoms with Crippen molar-refractivity contribution in [1.29, 1.82) is 0 Å². The second-order valence-corrected chi connectivity index (χ2v) is 9.81. The van der Waals surface area contributed by atoms with Gasteiger partial charge in [-0.05, 0) is 43.0 Å². The molecule has 0 aromatic heterocycles. The van der Waals surface area contributed by atoms with E-state index in [-0.39, 0.29) is 5.91 Å². The summed E-state index contributed by atoms with van der Waals surface area (Å²) in [5.41, 5.74) is 2.55. The number of nitrogens with one attached hydrogen (secondary N) is 1. The zero-order valence-electron chi connectivity index (χ0n) is 20.3. The first-order valence-electron chi connectivity index (χ1n) is 11.9. The van der Waals surface area contributed by atoms with E-state index in [0.717, 1.165) is 11.1 Å². The lowest BCUT2D eigenvalue weighted by molar-refractivity contribution is -0.128. The molecule has 182 valence electrons. The predicted octanol–water partition coefficient (Wildman–Crippen LogP) is 4.94. The van der Waals surface area contributed by atoms with Gasteiger partial charge in [0.1, 0.15) is 17.7 Å². The largest absolute Gasteiger partial charge is 0.444 e. The van der Waals surface area contributed by atoms with Crippen molar-refractivity contribution in [2.45, 2.75) is 57.5 Å². The topological polar surface area (TPSA) is 78.9 Å². The molecule has 3 aromatic carbocycles. The van der Waals surface area contributed by atoms with Crippen LogP contribution in [0.2, 0.25) is 0 Å². The number of nitrogens with zero attached hydrogens (tertiary/aromatic N) is 1. The number of hydrogen-bond donors (Lipinski definition) is 2. The van der Waals surface area contributed by atoms with E-state index in [9.17, 15) is 14.7 Å². The van der Waals surface area contributed by atoms with Crippen molar-refractivity contribution < 1.29 is 19.4 Å². The second kappa shape index (κ2) is 10.3. The molecule has 0 spiro atoms. The second-order valence-electron chi connectivity index (χ2n) is 9.81. The minimum atomic E-state index is -1.09. The highest BCUT2D eigenvalue weighted by atomic mass is 16.6. The average Bonchev–Trinajstić information content (AvgIpc) is 3.01. The van der Waals surface area contributed by atoms with Gasteiger partial charge in [-0.15, -0.1) is 0 Å². The lowest BCUT2D eigenvalue weighted by atomic mass is 9.91. The molecule has 1 heterocycles. The predicted molar refractivity (Wildman–Crippen MR) is 134 cm³/mol. The smallest absolute Gasteiger partial charge is 0.411 e. The van der Waals surface area contributed by atoms with E-state index >= 15 is 0 Å². The Morgan fingerprint density at radius 3 is 2.06 bits per heavy atom. The van der Waals surface area contributed by atoms with Crippen molar-refractivity contribution in [2.24, 2.45) is 0 Å². The molecule has 3 atom stereocenters. The average molecular weight is 473 g/mol. The first kappa shape index (κ1) is 24.5. The number of benzene rings is 3. The zero-order valence-corrected chi connectivity index (χ0v) is 20.3. The van der Waals surface area contributed by atoms with Crippen LogP contribution in [-0.2, 0) is 22.5 Å². The van der Waals surface area contributed by atoms with Crippen LogP contribution in [0.3, 0.4) is 0 Å². The van der Waals surface area contributed by atoms with Crippen LogP contribution in [0.15, 0.2) is 84.9 Å². The molecule has 0 radical (unpaired) electrons. The van der Waals surface area contributed by atoms with E-state index in [2.05, 4.69) is 5.32 Å². The number of carbonyl (C=O) groups is 2. The molecule has 1 aliphatic rings. The van der Waals surface area contributed by atoms with E-state index in [4.69, 9.17) is 4.74 Å². The molecule has 2 N–H and O–H groups in total. The first-order chi connectivity index (χ1) is 16.7. The van der Waals surface area contributed by atoms with Gasteiger partial charge in [-0.25, -0.2) is 4.79 Å². The fourth-order valence-corrected chi connectivity index (χ4v) is 4.48. The number of aliphatic hydroxyl groups is 1. The Kier molecular flexibility index (Phi) is 7.22. The molecule has 6 nitrogen and oxygen atoms in total. The number of rotatable bonds is 5. The summed E-state index contributed by atoms with van der Waals surface area (Å²) in [5.74, 6) is -0.284. The molecular formula is C29H32N2O4. The molecule has 0 saturated carbocycles. The minimum absolute atomic E-state index is 0.284. The molecule has 2 amide bonds. The van der Waals surface area contributed by atoms with Gasteiger partial charge in [-0.3, -0.25) is 9.69 Å². The van der Waals surface area contributed by atoms with Gasteiger partial charge in [0.2, 0.25) is 5.91 Å². The third-order valence-corrected chi connectivity index (χ3v) is 6.11. The number of carbonyl (C=O) groups excluding carboxylic acids is 2. The maximum Gasteiger partial charge on any atom is 0.411 e. The van der Waals surface area contributed by atoms with Crippen LogP contribution in [0.1, 0.15) is 55.2 Å². The van der Waals surface area contributed by atoms with Gasteiger partial charge in [0, 0.05) is 13.0 Å². The van der Waals surface area contributed by atoms with Crippen molar-refractivity contribution in [2.75, 3.05) is 0 Å². The van der Waals surface area contributed by atoms with Crippen molar-refractivity contribution in [3.63, 3.8) is 0 Å². The van der Waals surface area contributed by atoms with Crippen molar-refractivity contribution in [3.8, 4) is 0 Å². The molecule has 0 fully saturated rings. The minimum Gasteiger partial charge on any atom is -0.444 e. The Hall–Kier alpha value is -3.64. The Morgan fingerprint density at radius 1 is 0.914 bits per heavy atom. The highest BCUT2D eigenvalue weighted by molar-refractivity contribution is 5.87. The summed E-state index contributed by atoms with van der Waals surface area (Å²) in [6, 6.07) is 24.6. The number of ether oxygens (including phenoxy) is 1. The summed E-state index contributed by atoms with van der Waals surface area (Å²) in [5, 5.41) is 14.6. The fraction of sp³-hybridized carbons (Fsp3) is 0.310. The lowest BCUT2D eigenvalue weighted by Gasteiger charge is -2.40. The molecule has 0 saturated heterocycles. The van der Waals surface area contributed by atoms with E-state index in [1.807, 2.05) is 84.9 Å². The van der Waals surface area contributed by atoms with E-state index in [0.29, 0.717) is 24.1 Å². The molecule has 6 heteroatoms. The third kappa shape index (κ3) is 5.72. The van der Waals surface area contributed by atoms with Crippen LogP contribution in [0.5, 0.6) is 0 Å². The van der Waals surface area contributed by atoms with Crippen LogP contribution in [-0.4, -0.2) is 33.6 Å². The monoisotopic (exact) mass is 472 g/mol. The van der Waals surface area contributed by atoms with E-state index in [1.165, 1.54) is 4.90 Å². The summed E-state index contributed by atoms with van der Waals surface area (Å²) < 4.78 is 5.81. The number of hydrogen-bond acceptors (Lipinski definition) is 4. The summed E-state index contributed by atoms with van der Waals surface area (Å²) in [7, 11) is 0. The van der Waals surface area contributed by atoms with Crippen molar-refractivity contribution >= 4 is 12.0 Å². The SMILES string of the molecule is CC(C)(C)OC(=O)N([C@H]1Cc2ccccc2CNC1=O)[C@@H](c1ccccc1)[C@H](O)c1ccccc1. The van der Waals surface area contributed by atoms with Gasteiger partial charge >= 0.3 is 6.09 Å². The summed E-state index contributed by atoms with van der Waals surface area (Å²) in [6.45, 7) is 5.75. The van der Waals surface area contributed by atoms with Gasteiger partial charge in [0.15, 0.2) is 0 Å². The zero-order chi connectivity index (χ0) is 25.0. The van der Waals surface area contributed by atoms with Crippen LogP contribution in [0.25, 0.3) is 0 Å². The van der Waals surface area contributed by atoms with Crippen LogP contribution >= 0.6 is 0 Å². The highest BCUT2D eigenvalue weighted by Gasteiger charge is 2.42. The molecule has 3 aromatic rings. The molecule has 4 rings (SSSR count). The third-order valence-electron chi connectivity index (χ3n) is 6.11. The van der Waals surface area contributed by atoms with Crippen molar-refractivity contribution in [1.82, 2.24) is 10.2 Å². The summed E-state index contributed by atoms with van der Waals surface area (Å²) in [6.07, 6.45) is -1.43. The molecule has 0 bridgehead atoms. The van der Waals surface area contributed by atoms with Gasteiger partial charge in [0.05, 0.1) is 6.04 Å². The Bertz CT molecular complexity index is 1160. The van der Waals surface area contributed by atoms with Gasteiger partial charge < -0.3 is 15.2 Å². The number of aliphatic hydroxyl groups excluding tert-OH is 1. The first-order valence-corrected chi connectivity index (χ1v) is 11.9. The Labute approximate surface area is 206 Å². The lowest BCUT2D eigenvalue weighted by Crippen LogP contribution is -2.53. The fourth-order valence-electron chi connectivity index (χ4n) is 4.48. The molecule has 1 aliphatic heterocycles. The molecule has 35 heavy (non-hydrogen) atoms. The summed E-state index contributed by atoms with van der Waals surface area (Å²) in [4.78, 5) is 28.7. The number of amides is 2. The van der Waals surface area contributed by atoms with E-state index < -0.39 is 29.9 Å². The maximum atomic E-state index is 13.8. The van der Waals surface area contributed by atoms with Crippen LogP contribution < -0.4 is 5.32 Å². The molecule has 0 unspecified atom stereocenters. The van der Waals surface area contributed by atoms with E-state index in [1.54, 1.807) is 20.8 Å².